The normalized spacial score (nSPS) is 11.8. The summed E-state index contributed by atoms with van der Waals surface area (Å²) in [6.45, 7) is 0. The maximum Gasteiger partial charge on any atom is 0.163 e. The van der Waals surface area contributed by atoms with Crippen molar-refractivity contribution in [3.8, 4) is 22.8 Å². The average Bonchev–Trinajstić information content (AvgIpc) is 3.41. The van der Waals surface area contributed by atoms with Crippen molar-refractivity contribution < 1.29 is 8.83 Å². The van der Waals surface area contributed by atoms with Crippen molar-refractivity contribution in [2.75, 3.05) is 0 Å². The van der Waals surface area contributed by atoms with E-state index in [1.54, 1.807) is 6.33 Å². The number of benzene rings is 4. The second kappa shape index (κ2) is 6.49. The molecule has 0 saturated heterocycles. The Kier molecular flexibility index (Phi) is 3.49. The minimum Gasteiger partial charge on any atom is -0.456 e. The number of nitrogens with zero attached hydrogens (tertiary/aromatic N) is 3. The summed E-state index contributed by atoms with van der Waals surface area (Å²) in [4.78, 5) is 13.6. The summed E-state index contributed by atoms with van der Waals surface area (Å²) in [5.41, 5.74) is 5.20. The van der Waals surface area contributed by atoms with Gasteiger partial charge in [0.25, 0.3) is 0 Å². The highest BCUT2D eigenvalue weighted by atomic mass is 16.3. The lowest BCUT2D eigenvalue weighted by Crippen LogP contribution is -1.95. The molecule has 5 heteroatoms. The molecule has 0 spiro atoms. The second-order valence-electron chi connectivity index (χ2n) is 7.75. The van der Waals surface area contributed by atoms with E-state index in [1.807, 2.05) is 60.7 Å². The maximum atomic E-state index is 6.03. The largest absolute Gasteiger partial charge is 0.456 e. The summed E-state index contributed by atoms with van der Waals surface area (Å²) in [6.07, 6.45) is 1.55. The van der Waals surface area contributed by atoms with Gasteiger partial charge in [-0.25, -0.2) is 15.0 Å². The van der Waals surface area contributed by atoms with Crippen molar-refractivity contribution >= 4 is 43.9 Å². The zero-order valence-corrected chi connectivity index (χ0v) is 16.8. The van der Waals surface area contributed by atoms with Crippen LogP contribution in [0.1, 0.15) is 0 Å². The van der Waals surface area contributed by atoms with Crippen molar-refractivity contribution in [3.63, 3.8) is 0 Å². The van der Waals surface area contributed by atoms with E-state index in [0.29, 0.717) is 11.6 Å². The lowest BCUT2D eigenvalue weighted by Gasteiger charge is -2.04. The fraction of sp³-hybridized carbons (Fsp3) is 0. The highest BCUT2D eigenvalue weighted by molar-refractivity contribution is 6.06. The Balaban J connectivity index is 1.35. The van der Waals surface area contributed by atoms with Crippen LogP contribution in [-0.2, 0) is 0 Å². The highest BCUT2D eigenvalue weighted by Gasteiger charge is 2.13. The molecule has 0 fully saturated rings. The van der Waals surface area contributed by atoms with E-state index in [4.69, 9.17) is 13.8 Å². The van der Waals surface area contributed by atoms with Crippen molar-refractivity contribution in [2.45, 2.75) is 0 Å². The van der Waals surface area contributed by atoms with Gasteiger partial charge < -0.3 is 8.83 Å². The Morgan fingerprint density at radius 2 is 1.03 bits per heavy atom. The van der Waals surface area contributed by atoms with Crippen LogP contribution in [0.25, 0.3) is 66.7 Å². The molecule has 32 heavy (non-hydrogen) atoms. The first kappa shape index (κ1) is 17.2. The number of fused-ring (bicyclic) bond motifs is 6. The van der Waals surface area contributed by atoms with Crippen molar-refractivity contribution in [2.24, 2.45) is 0 Å². The second-order valence-corrected chi connectivity index (χ2v) is 7.75. The van der Waals surface area contributed by atoms with Crippen LogP contribution in [0.3, 0.4) is 0 Å². The number of hydrogen-bond acceptors (Lipinski definition) is 5. The molecule has 0 saturated carbocycles. The van der Waals surface area contributed by atoms with Gasteiger partial charge in [-0.1, -0.05) is 42.5 Å². The first-order valence-electron chi connectivity index (χ1n) is 10.4. The molecule has 3 aromatic heterocycles. The molecule has 3 heterocycles. The van der Waals surface area contributed by atoms with Crippen LogP contribution >= 0.6 is 0 Å². The third kappa shape index (κ3) is 2.55. The smallest absolute Gasteiger partial charge is 0.163 e. The van der Waals surface area contributed by atoms with Crippen LogP contribution in [0.5, 0.6) is 0 Å². The summed E-state index contributed by atoms with van der Waals surface area (Å²) in [7, 11) is 0. The van der Waals surface area contributed by atoms with Gasteiger partial charge in [-0.15, -0.1) is 0 Å². The molecular weight excluding hydrogens is 398 g/mol. The quantitative estimate of drug-likeness (QED) is 0.305. The minimum absolute atomic E-state index is 0.606. The zero-order valence-electron chi connectivity index (χ0n) is 16.8. The van der Waals surface area contributed by atoms with Crippen LogP contribution in [0, 0.1) is 0 Å². The zero-order chi connectivity index (χ0) is 21.1. The summed E-state index contributed by atoms with van der Waals surface area (Å²) in [5, 5.41) is 4.31. The number of para-hydroxylation sites is 2. The van der Waals surface area contributed by atoms with E-state index >= 15 is 0 Å². The molecule has 0 radical (unpaired) electrons. The molecule has 7 rings (SSSR count). The molecule has 4 aromatic carbocycles. The Hall–Kier alpha value is -4.51. The summed E-state index contributed by atoms with van der Waals surface area (Å²) >= 11 is 0. The number of rotatable bonds is 2. The van der Waals surface area contributed by atoms with E-state index in [0.717, 1.165) is 55.0 Å². The van der Waals surface area contributed by atoms with Crippen LogP contribution in [0.2, 0.25) is 0 Å². The monoisotopic (exact) mass is 413 g/mol. The van der Waals surface area contributed by atoms with Gasteiger partial charge >= 0.3 is 0 Å². The van der Waals surface area contributed by atoms with Gasteiger partial charge in [0.05, 0.1) is 0 Å². The van der Waals surface area contributed by atoms with Gasteiger partial charge in [0, 0.05) is 32.7 Å². The summed E-state index contributed by atoms with van der Waals surface area (Å²) < 4.78 is 12.0. The number of aromatic nitrogens is 3. The van der Waals surface area contributed by atoms with Crippen LogP contribution in [0.4, 0.5) is 0 Å². The van der Waals surface area contributed by atoms with E-state index in [1.165, 1.54) is 0 Å². The van der Waals surface area contributed by atoms with Crippen LogP contribution < -0.4 is 0 Å². The van der Waals surface area contributed by atoms with Gasteiger partial charge in [0.2, 0.25) is 0 Å². The average molecular weight is 413 g/mol. The third-order valence-corrected chi connectivity index (χ3v) is 5.84. The first-order chi connectivity index (χ1) is 15.8. The minimum atomic E-state index is 0.606. The fourth-order valence-electron chi connectivity index (χ4n) is 4.30. The van der Waals surface area contributed by atoms with Gasteiger partial charge in [0.1, 0.15) is 28.7 Å². The molecule has 0 unspecified atom stereocenters. The first-order valence-corrected chi connectivity index (χ1v) is 10.4. The Morgan fingerprint density at radius 1 is 0.469 bits per heavy atom. The molecule has 0 bridgehead atoms. The molecule has 0 aliphatic rings. The van der Waals surface area contributed by atoms with E-state index in [-0.39, 0.29) is 0 Å². The van der Waals surface area contributed by atoms with Crippen LogP contribution in [0.15, 0.2) is 100 Å². The van der Waals surface area contributed by atoms with E-state index < -0.39 is 0 Å². The lowest BCUT2D eigenvalue weighted by molar-refractivity contribution is 0.668. The standard InChI is InChI=1S/C27H15N3O2/c1-3-7-22-18(5-1)20-11-9-17(14-25(20)32-22)27-29-15-28-26(30-27)16-10-12-24-21(13-16)19-6-2-4-8-23(19)31-24/h1-15H. The maximum absolute atomic E-state index is 6.03. The van der Waals surface area contributed by atoms with Gasteiger partial charge in [0.15, 0.2) is 11.6 Å². The van der Waals surface area contributed by atoms with E-state index in [2.05, 4.69) is 34.2 Å². The topological polar surface area (TPSA) is 65.0 Å². The van der Waals surface area contributed by atoms with Gasteiger partial charge in [-0.3, -0.25) is 0 Å². The summed E-state index contributed by atoms with van der Waals surface area (Å²) in [6, 6.07) is 28.2. The predicted molar refractivity (Wildman–Crippen MR) is 125 cm³/mol. The fourth-order valence-corrected chi connectivity index (χ4v) is 4.30. The Morgan fingerprint density at radius 3 is 1.81 bits per heavy atom. The number of hydrogen-bond donors (Lipinski definition) is 0. The molecule has 5 nitrogen and oxygen atoms in total. The summed E-state index contributed by atoms with van der Waals surface area (Å²) in [5.74, 6) is 1.22. The van der Waals surface area contributed by atoms with Gasteiger partial charge in [-0.05, 0) is 42.5 Å². The molecule has 0 N–H and O–H groups in total. The van der Waals surface area contributed by atoms with Gasteiger partial charge in [-0.2, -0.15) is 0 Å². The lowest BCUT2D eigenvalue weighted by atomic mass is 10.1. The molecular formula is C27H15N3O2. The van der Waals surface area contributed by atoms with E-state index in [9.17, 15) is 0 Å². The molecule has 0 aliphatic carbocycles. The Labute approximate surface area is 182 Å². The van der Waals surface area contributed by atoms with Crippen LogP contribution in [-0.4, -0.2) is 15.0 Å². The number of furan rings is 2. The molecule has 7 aromatic rings. The molecule has 150 valence electrons. The highest BCUT2D eigenvalue weighted by Crippen LogP contribution is 2.33. The van der Waals surface area contributed by atoms with Crippen molar-refractivity contribution in [1.29, 1.82) is 0 Å². The molecule has 0 aliphatic heterocycles. The molecule has 0 amide bonds. The molecule has 0 atom stereocenters. The van der Waals surface area contributed by atoms with Crippen molar-refractivity contribution in [3.05, 3.63) is 91.3 Å². The third-order valence-electron chi connectivity index (χ3n) is 5.84. The van der Waals surface area contributed by atoms with Crippen molar-refractivity contribution in [1.82, 2.24) is 15.0 Å². The predicted octanol–water partition coefficient (Wildman–Crippen LogP) is 7.00. The Bertz CT molecular complexity index is 1800. The SMILES string of the molecule is c1ccc2c(c1)oc1cc(-c3ncnc(-c4ccc5oc6ccccc6c5c4)n3)ccc12.